The number of anilines is 3. The summed E-state index contributed by atoms with van der Waals surface area (Å²) >= 11 is 10.4. The highest BCUT2D eigenvalue weighted by atomic mass is 35.5. The molecule has 3 amide bonds. The lowest BCUT2D eigenvalue weighted by molar-refractivity contribution is -0.117. The molecule has 0 aliphatic carbocycles. The lowest BCUT2D eigenvalue weighted by Gasteiger charge is -2.07. The molecular weight excluding hydrogens is 1100 g/mol. The van der Waals surface area contributed by atoms with E-state index in [-0.39, 0.29) is 23.6 Å². The topological polar surface area (TPSA) is 317 Å². The molecule has 24 nitrogen and oxygen atoms in total. The second-order valence-corrected chi connectivity index (χ2v) is 20.3. The zero-order valence-corrected chi connectivity index (χ0v) is 47.2. The molecule has 9 aromatic heterocycles. The molecule has 0 aliphatic rings. The number of aromatic nitrogens is 15. The van der Waals surface area contributed by atoms with Crippen LogP contribution in [-0.4, -0.2) is 113 Å². The average molecular weight is 1160 g/mol. The van der Waals surface area contributed by atoms with Gasteiger partial charge < -0.3 is 30.2 Å². The van der Waals surface area contributed by atoms with Crippen molar-refractivity contribution in [2.24, 2.45) is 5.92 Å². The van der Waals surface area contributed by atoms with E-state index < -0.39 is 0 Å². The molecule has 10 rings (SSSR count). The molecule has 9 heterocycles. The largest absolute Gasteiger partial charge is 0.477 e. The molecule has 0 unspecified atom stereocenters. The van der Waals surface area contributed by atoms with Crippen LogP contribution in [0, 0.1) is 5.92 Å². The molecule has 0 atom stereocenters. The van der Waals surface area contributed by atoms with Crippen LogP contribution in [0.2, 0.25) is 5.02 Å². The van der Waals surface area contributed by atoms with Gasteiger partial charge >= 0.3 is 0 Å². The average Bonchev–Trinajstić information content (AvgIpc) is 4.37. The van der Waals surface area contributed by atoms with Crippen molar-refractivity contribution in [3.05, 3.63) is 109 Å². The predicted octanol–water partition coefficient (Wildman–Crippen LogP) is 10.8. The Morgan fingerprint density at radius 3 is 1.31 bits per heavy atom. The highest BCUT2D eigenvalue weighted by molar-refractivity contribution is 7.19. The van der Waals surface area contributed by atoms with Crippen LogP contribution in [0.4, 0.5) is 17.5 Å². The molecule has 6 N–H and O–H groups in total. The summed E-state index contributed by atoms with van der Waals surface area (Å²) in [7, 11) is 0. The summed E-state index contributed by atoms with van der Waals surface area (Å²) in [6, 6.07) is 17.7. The maximum Gasteiger partial charge on any atom is 0.258 e. The summed E-state index contributed by atoms with van der Waals surface area (Å²) in [5.74, 6) is 4.53. The first-order valence-corrected chi connectivity index (χ1v) is 27.8. The predicted molar refractivity (Wildman–Crippen MR) is 307 cm³/mol. The van der Waals surface area contributed by atoms with Gasteiger partial charge in [-0.15, -0.1) is 34.0 Å². The molecule has 28 heteroatoms. The fourth-order valence-electron chi connectivity index (χ4n) is 7.11. The van der Waals surface area contributed by atoms with Gasteiger partial charge in [-0.1, -0.05) is 44.5 Å². The Labute approximate surface area is 475 Å². The van der Waals surface area contributed by atoms with Crippen LogP contribution in [0.5, 0.6) is 17.6 Å². The number of pyridine rings is 3. The zero-order chi connectivity index (χ0) is 56.4. The van der Waals surface area contributed by atoms with E-state index in [1.54, 1.807) is 61.1 Å². The number of halogens is 1. The van der Waals surface area contributed by atoms with E-state index in [2.05, 4.69) is 91.4 Å². The van der Waals surface area contributed by atoms with Crippen LogP contribution in [-0.2, 0) is 9.59 Å². The number of hydrogen-bond donors (Lipinski definition) is 6. The van der Waals surface area contributed by atoms with Gasteiger partial charge in [0.25, 0.3) is 5.91 Å². The summed E-state index contributed by atoms with van der Waals surface area (Å²) in [6.45, 7) is 13.1. The summed E-state index contributed by atoms with van der Waals surface area (Å²) in [4.78, 5) is 77.3. The number of carbonyl (C=O) groups is 3. The molecule has 0 bridgehead atoms. The van der Waals surface area contributed by atoms with E-state index in [4.69, 9.17) is 25.8 Å². The SMILES string of the molecule is CCCC(=O)Nc1cc(-c2nc(OCC)c(-c3ncn[nH]3)s2)ccn1.CCOc1nc(-c2ccnc(NC(=O)CC(C)C)c2)sc1-c1ncn[nH]1.CCOc1nc(-c2ccnc(NC(=O)c3ccccc3Cl)c2)sc1-c1ncn[nH]1. The fourth-order valence-corrected chi connectivity index (χ4v) is 10.2. The number of thiazole rings is 3. The van der Waals surface area contributed by atoms with Crippen molar-refractivity contribution in [1.82, 2.24) is 75.4 Å². The molecule has 80 heavy (non-hydrogen) atoms. The molecule has 0 saturated carbocycles. The van der Waals surface area contributed by atoms with Gasteiger partial charge in [0, 0.05) is 48.1 Å². The van der Waals surface area contributed by atoms with Crippen molar-refractivity contribution >= 4 is 80.8 Å². The van der Waals surface area contributed by atoms with Crippen LogP contribution in [0.1, 0.15) is 71.2 Å². The monoisotopic (exact) mass is 1160 g/mol. The number of amides is 3. The van der Waals surface area contributed by atoms with E-state index in [1.165, 1.54) is 53.0 Å². The first kappa shape index (κ1) is 57.3. The number of aromatic amines is 3. The zero-order valence-electron chi connectivity index (χ0n) is 44.0. The van der Waals surface area contributed by atoms with Crippen LogP contribution >= 0.6 is 45.6 Å². The van der Waals surface area contributed by atoms with Gasteiger partial charge in [-0.25, -0.2) is 44.9 Å². The number of nitrogens with zero attached hydrogens (tertiary/aromatic N) is 12. The number of H-pyrrole nitrogens is 3. The Balaban J connectivity index is 0.000000158. The number of benzene rings is 1. The third-order valence-corrected chi connectivity index (χ3v) is 14.1. The van der Waals surface area contributed by atoms with Crippen molar-refractivity contribution in [3.8, 4) is 81.5 Å². The first-order chi connectivity index (χ1) is 38.9. The molecule has 0 saturated heterocycles. The maximum absolute atomic E-state index is 12.5. The Hall–Kier alpha value is -8.92. The van der Waals surface area contributed by atoms with Crippen molar-refractivity contribution in [3.63, 3.8) is 0 Å². The maximum atomic E-state index is 12.5. The van der Waals surface area contributed by atoms with Crippen molar-refractivity contribution in [2.75, 3.05) is 35.8 Å². The van der Waals surface area contributed by atoms with Crippen LogP contribution in [0.3, 0.4) is 0 Å². The number of carbonyl (C=O) groups excluding carboxylic acids is 3. The van der Waals surface area contributed by atoms with Gasteiger partial charge in [0.05, 0.1) is 30.4 Å². The molecule has 412 valence electrons. The minimum atomic E-state index is -0.336. The number of rotatable bonds is 20. The summed E-state index contributed by atoms with van der Waals surface area (Å²) in [5.41, 5.74) is 2.85. The van der Waals surface area contributed by atoms with E-state index >= 15 is 0 Å². The van der Waals surface area contributed by atoms with Gasteiger partial charge in [-0.05, 0) is 81.6 Å². The number of nitrogens with one attached hydrogen (secondary N) is 6. The Morgan fingerprint density at radius 1 is 0.550 bits per heavy atom. The van der Waals surface area contributed by atoms with Gasteiger partial charge in [0.2, 0.25) is 29.5 Å². The highest BCUT2D eigenvalue weighted by Crippen LogP contribution is 2.41. The third kappa shape index (κ3) is 15.2. The number of ether oxygens (including phenoxy) is 3. The quantitative estimate of drug-likeness (QED) is 0.0413. The fraction of sp³-hybridized carbons (Fsp3) is 0.250. The van der Waals surface area contributed by atoms with Crippen molar-refractivity contribution < 1.29 is 28.6 Å². The third-order valence-electron chi connectivity index (χ3n) is 10.5. The van der Waals surface area contributed by atoms with Crippen molar-refractivity contribution in [2.45, 2.75) is 60.8 Å². The highest BCUT2D eigenvalue weighted by Gasteiger charge is 2.22. The minimum absolute atomic E-state index is 0.0522. The van der Waals surface area contributed by atoms with E-state index in [0.717, 1.165) is 47.8 Å². The summed E-state index contributed by atoms with van der Waals surface area (Å²) < 4.78 is 16.9. The van der Waals surface area contributed by atoms with Crippen LogP contribution < -0.4 is 30.2 Å². The minimum Gasteiger partial charge on any atom is -0.477 e. The Bertz CT molecular complexity index is 3610. The summed E-state index contributed by atoms with van der Waals surface area (Å²) in [5, 5.41) is 31.1. The molecule has 0 fully saturated rings. The van der Waals surface area contributed by atoms with Crippen LogP contribution in [0.15, 0.2) is 98.2 Å². The van der Waals surface area contributed by atoms with Crippen molar-refractivity contribution in [1.29, 1.82) is 0 Å². The second kappa shape index (κ2) is 28.1. The molecule has 10 aromatic rings. The molecule has 0 spiro atoms. The molecule has 0 radical (unpaired) electrons. The van der Waals surface area contributed by atoms with Crippen LogP contribution in [0.25, 0.3) is 63.8 Å². The van der Waals surface area contributed by atoms with Gasteiger partial charge in [-0.3, -0.25) is 29.7 Å². The molecule has 0 aliphatic heterocycles. The lowest BCUT2D eigenvalue weighted by Crippen LogP contribution is -2.14. The summed E-state index contributed by atoms with van der Waals surface area (Å²) in [6.07, 6.45) is 10.9. The number of hydrogen-bond acceptors (Lipinski definition) is 21. The van der Waals surface area contributed by atoms with Gasteiger partial charge in [-0.2, -0.15) is 15.3 Å². The van der Waals surface area contributed by atoms with E-state index in [0.29, 0.717) is 101 Å². The Kier molecular flexibility index (Phi) is 20.1. The van der Waals surface area contributed by atoms with Gasteiger partial charge in [0.1, 0.15) is 66.1 Å². The van der Waals surface area contributed by atoms with Gasteiger partial charge in [0.15, 0.2) is 17.5 Å². The lowest BCUT2D eigenvalue weighted by atomic mass is 10.1. The normalized spacial score (nSPS) is 10.8. The standard InChI is InChI=1S/C19H15ClN6O2S.C17H20N6O2S.C16H18N6O2S/c1-2-28-18-15(16-22-10-23-26-16)29-19(25-18)11-7-8-21-14(9-11)24-17(27)12-5-3-4-6-13(12)20;1-4-25-16-14(15-19-9-20-23-15)26-17(22-16)11-5-6-18-12(8-11)21-13(24)7-10(2)3;1-3-5-12(23)20-11-8-10(6-7-17-11)16-21-15(24-4-2)13(25-16)14-18-9-19-22-14/h3-10H,2H2,1H3,(H,21,24,27)(H,22,23,26);5-6,8-10H,4,7H2,1-3H3,(H,18,21,24)(H,19,20,23);6-9H,3-5H2,1-2H3,(H,17,20,23)(H,18,19,22). The van der Waals surface area contributed by atoms with E-state index in [1.807, 2.05) is 59.7 Å². The second-order valence-electron chi connectivity index (χ2n) is 16.9. The smallest absolute Gasteiger partial charge is 0.258 e. The molecule has 1 aromatic carbocycles. The Morgan fingerprint density at radius 2 is 0.950 bits per heavy atom. The molecular formula is C52H53ClN18O6S3. The first-order valence-electron chi connectivity index (χ1n) is 25.0. The van der Waals surface area contributed by atoms with E-state index in [9.17, 15) is 14.4 Å².